The van der Waals surface area contributed by atoms with Crippen molar-refractivity contribution >= 4 is 38.4 Å². The number of aliphatic carboxylic acids is 1. The van der Waals surface area contributed by atoms with Crippen molar-refractivity contribution in [3.8, 4) is 44.5 Å². The third kappa shape index (κ3) is 24.1. The van der Waals surface area contributed by atoms with Crippen LogP contribution in [0.4, 0.5) is 0 Å². The van der Waals surface area contributed by atoms with Gasteiger partial charge in [0.2, 0.25) is 0 Å². The van der Waals surface area contributed by atoms with Crippen molar-refractivity contribution in [2.45, 2.75) is 128 Å². The molecule has 14 nitrogen and oxygen atoms in total. The number of carbonyl (C=O) groups excluding carboxylic acids is 1. The molecule has 4 radical (unpaired) electrons. The van der Waals surface area contributed by atoms with Crippen LogP contribution in [0.3, 0.4) is 0 Å². The summed E-state index contributed by atoms with van der Waals surface area (Å²) in [5.41, 5.74) is 34.0. The number of aryl methyl sites for hydroxylation is 2. The maximum Gasteiger partial charge on any atom is 0.303 e. The van der Waals surface area contributed by atoms with Gasteiger partial charge in [-0.3, -0.25) is 9.59 Å². The molecule has 7 N–H and O–H groups in total. The van der Waals surface area contributed by atoms with E-state index in [9.17, 15) is 9.59 Å². The summed E-state index contributed by atoms with van der Waals surface area (Å²) in [6, 6.07) is 43.8. The molecule has 0 spiro atoms. The van der Waals surface area contributed by atoms with Crippen LogP contribution in [0, 0.1) is 0 Å². The van der Waals surface area contributed by atoms with Crippen LogP contribution >= 0.6 is 0 Å². The first-order valence-electron chi connectivity index (χ1n) is 32.8. The van der Waals surface area contributed by atoms with Gasteiger partial charge in [-0.25, -0.2) is 0 Å². The molecule has 93 heavy (non-hydrogen) atoms. The number of nitrogens with two attached hydrogens (primary N) is 3. The molecule has 16 heteroatoms. The number of hydrogen-bond acceptors (Lipinski definition) is 13. The van der Waals surface area contributed by atoms with E-state index in [2.05, 4.69) is 109 Å². The summed E-state index contributed by atoms with van der Waals surface area (Å²) in [6.07, 6.45) is 12.8. The molecule has 0 saturated carbocycles. The van der Waals surface area contributed by atoms with Crippen molar-refractivity contribution in [1.29, 1.82) is 0 Å². The number of methoxy groups -OCH3 is 4. The second-order valence-corrected chi connectivity index (χ2v) is 23.6. The summed E-state index contributed by atoms with van der Waals surface area (Å²) >= 11 is 0. The zero-order valence-electron chi connectivity index (χ0n) is 54.9. The number of rotatable bonds is 42. The van der Waals surface area contributed by atoms with E-state index in [0.717, 1.165) is 99.1 Å². The summed E-state index contributed by atoms with van der Waals surface area (Å²) in [5, 5.41) is 8.96. The van der Waals surface area contributed by atoms with Gasteiger partial charge in [-0.15, -0.1) is 0 Å². The van der Waals surface area contributed by atoms with Crippen LogP contribution in [0.1, 0.15) is 140 Å². The fourth-order valence-corrected chi connectivity index (χ4v) is 12.7. The average molecular weight is 1280 g/mol. The molecule has 2 aliphatic rings. The lowest BCUT2D eigenvalue weighted by Gasteiger charge is -2.33. The molecule has 0 aromatic heterocycles. The highest BCUT2D eigenvalue weighted by Gasteiger charge is 2.44. The number of benzene rings is 6. The van der Waals surface area contributed by atoms with E-state index in [0.29, 0.717) is 124 Å². The van der Waals surface area contributed by atoms with E-state index in [1.807, 2.05) is 12.1 Å². The molecule has 6 aromatic carbocycles. The largest absolute Gasteiger partial charge is 0.481 e. The van der Waals surface area contributed by atoms with Crippen molar-refractivity contribution in [1.82, 2.24) is 0 Å². The highest BCUT2D eigenvalue weighted by molar-refractivity contribution is 6.33. The summed E-state index contributed by atoms with van der Waals surface area (Å²) < 4.78 is 44.2. The molecule has 0 saturated heterocycles. The van der Waals surface area contributed by atoms with Crippen LogP contribution in [0.25, 0.3) is 44.5 Å². The fourth-order valence-electron chi connectivity index (χ4n) is 12.7. The lowest BCUT2D eigenvalue weighted by atomic mass is 9.70. The lowest BCUT2D eigenvalue weighted by molar-refractivity contribution is -0.137. The number of hydrogen-bond donors (Lipinski definition) is 4. The quantitative estimate of drug-likeness (QED) is 0.0208. The van der Waals surface area contributed by atoms with Crippen LogP contribution in [-0.2, 0) is 71.2 Å². The van der Waals surface area contributed by atoms with Crippen molar-refractivity contribution in [2.75, 3.05) is 127 Å². The predicted molar refractivity (Wildman–Crippen MR) is 385 cm³/mol. The van der Waals surface area contributed by atoms with Crippen LogP contribution in [0.5, 0.6) is 0 Å². The average Bonchev–Trinajstić information content (AvgIpc) is 1.58. The van der Waals surface area contributed by atoms with E-state index < -0.39 is 5.97 Å². The van der Waals surface area contributed by atoms with Gasteiger partial charge in [-0.2, -0.15) is 0 Å². The van der Waals surface area contributed by atoms with Crippen molar-refractivity contribution < 1.29 is 54.0 Å². The molecule has 0 fully saturated rings. The molecule has 0 amide bonds. The molecule has 0 unspecified atom stereocenters. The zero-order valence-corrected chi connectivity index (χ0v) is 54.9. The molecule has 0 atom stereocenters. The molecule has 0 heterocycles. The molecule has 0 bridgehead atoms. The summed E-state index contributed by atoms with van der Waals surface area (Å²) in [5.74, 6) is -0.441. The van der Waals surface area contributed by atoms with Gasteiger partial charge in [0.15, 0.2) is 0 Å². The molecular weight excluding hydrogens is 1160 g/mol. The normalized spacial score (nSPS) is 12.6. The molecule has 8 rings (SSSR count). The fraction of sp³-hybridized carbons (Fsp3) is 0.506. The first-order chi connectivity index (χ1) is 44.4. The van der Waals surface area contributed by atoms with E-state index >= 15 is 0 Å². The molecule has 2 aliphatic carbocycles. The standard InChI is InChI=1S/C38H50BNO5.C35H43BO6.C2H8N2.2CH4.H2/c1-42-23-25-44-21-5-18-38(19-6-22-45-26-24-43-2)36-27-31(14-16-34(36)35-17-15-32(39)28-37(35)38)30-12-10-29(11-13-30)7-3-8-33(41)9-4-20-40;1-39-20-22-41-18-4-16-35(17-5-19-42-23-21-40-2)32-24-28(12-14-30(32)31-15-13-29(36)25-33(31)35)27-10-8-26(9-11-27)6-3-7-34(37)38;3-1-2-4;;;/h10-17,27-28H,3-9,18-26,40H2,1-2H3;8-15,24-25H,3-7,16-23H2,1-2H3,(H,37,38);1-4H2;2*1H4;1H/i;;;;;1+1. The van der Waals surface area contributed by atoms with Gasteiger partial charge in [0, 0.05) is 99.5 Å². The number of Topliss-reactive ketones (excluding diaryl/α,β-unsaturated/α-hetero) is 1. The molecule has 506 valence electrons. The minimum Gasteiger partial charge on any atom is -0.481 e. The summed E-state index contributed by atoms with van der Waals surface area (Å²) in [4.78, 5) is 22.9. The Bertz CT molecular complexity index is 3060. The first kappa shape index (κ1) is 79.6. The van der Waals surface area contributed by atoms with E-state index in [1.54, 1.807) is 28.4 Å². The Morgan fingerprint density at radius 1 is 0.387 bits per heavy atom. The van der Waals surface area contributed by atoms with Crippen molar-refractivity contribution in [3.05, 3.63) is 155 Å². The molecule has 0 aliphatic heterocycles. The van der Waals surface area contributed by atoms with Crippen LogP contribution in [0.15, 0.2) is 121 Å². The predicted octanol–water partition coefficient (Wildman–Crippen LogP) is 12.1. The number of carboxylic acid groups (broad SMARTS) is 1. The minimum absolute atomic E-state index is 0. The Morgan fingerprint density at radius 2 is 0.699 bits per heavy atom. The highest BCUT2D eigenvalue weighted by atomic mass is 16.5. The van der Waals surface area contributed by atoms with E-state index in [1.165, 1.54) is 66.8 Å². The first-order valence-corrected chi connectivity index (χ1v) is 32.8. The molecular formula is C77H111B2N3O11. The Kier molecular flexibility index (Phi) is 37.7. The zero-order chi connectivity index (χ0) is 65.1. The third-order valence-corrected chi connectivity index (χ3v) is 17.2. The Labute approximate surface area is 562 Å². The smallest absolute Gasteiger partial charge is 0.303 e. The lowest BCUT2D eigenvalue weighted by Crippen LogP contribution is -2.28. The summed E-state index contributed by atoms with van der Waals surface area (Å²) in [6.45, 7) is 9.24. The van der Waals surface area contributed by atoms with Gasteiger partial charge in [0.05, 0.1) is 52.9 Å². The number of ether oxygens (including phenoxy) is 8. The monoisotopic (exact) mass is 1280 g/mol. The van der Waals surface area contributed by atoms with Crippen molar-refractivity contribution in [2.24, 2.45) is 17.2 Å². The van der Waals surface area contributed by atoms with Gasteiger partial charge in [-0.1, -0.05) is 135 Å². The number of fused-ring (bicyclic) bond motifs is 6. The van der Waals surface area contributed by atoms with Crippen LogP contribution in [-0.4, -0.2) is 160 Å². The second-order valence-electron chi connectivity index (χ2n) is 23.6. The Morgan fingerprint density at radius 3 is 1.02 bits per heavy atom. The van der Waals surface area contributed by atoms with E-state index in [4.69, 9.17) is 75.9 Å². The number of carbonyl (C=O) groups is 2. The van der Waals surface area contributed by atoms with Gasteiger partial charge < -0.3 is 60.2 Å². The van der Waals surface area contributed by atoms with Gasteiger partial charge in [0.1, 0.15) is 21.5 Å². The van der Waals surface area contributed by atoms with Crippen LogP contribution < -0.4 is 28.1 Å². The Balaban J connectivity index is 0.000000451. The second kappa shape index (κ2) is 44.0. The summed E-state index contributed by atoms with van der Waals surface area (Å²) in [7, 11) is 19.6. The Hall–Kier alpha value is -5.85. The maximum atomic E-state index is 12.0. The van der Waals surface area contributed by atoms with Crippen molar-refractivity contribution in [3.63, 3.8) is 0 Å². The number of carboxylic acids is 1. The topological polar surface area (TPSA) is 206 Å². The van der Waals surface area contributed by atoms with Gasteiger partial charge in [0.25, 0.3) is 0 Å². The van der Waals surface area contributed by atoms with Crippen LogP contribution in [0.2, 0.25) is 0 Å². The maximum absolute atomic E-state index is 12.0. The van der Waals surface area contributed by atoms with E-state index in [-0.39, 0.29) is 33.5 Å². The minimum atomic E-state index is -0.751. The SMILES string of the molecule is C.C.NCCN.[2HH].[B]c1ccc2c(c1)C(CCCOCCOC)(CCCOCCOC)c1cc(-c3ccc(CCCC(=O)CCCN)cc3)ccc1-2.[B]c1ccc2c(c1)C(CCCOCCOC)(CCCOCCOC)c1cc(-c3ccc(CCCC(=O)O)cc3)ccc1-2. The molecule has 6 aromatic rings. The third-order valence-electron chi connectivity index (χ3n) is 17.2. The van der Waals surface area contributed by atoms with Gasteiger partial charge in [-0.05, 0) is 180 Å². The van der Waals surface area contributed by atoms with Gasteiger partial charge >= 0.3 is 5.97 Å². The number of ketones is 1. The highest BCUT2D eigenvalue weighted by Crippen LogP contribution is 2.56.